The lowest BCUT2D eigenvalue weighted by atomic mass is 10.0. The van der Waals surface area contributed by atoms with E-state index in [1.54, 1.807) is 0 Å². The standard InChI is InChI=1S/C18H20ClNOS/c19-17-6-5-15-7-9-20-10-8-16(15)18(17)22-12-14-3-1-13(11-21)2-4-14/h1-6,20-21H,7-12H2. The molecule has 2 nitrogen and oxygen atoms in total. The maximum Gasteiger partial charge on any atom is 0.0681 e. The van der Waals surface area contributed by atoms with Gasteiger partial charge in [-0.15, -0.1) is 11.8 Å². The minimum absolute atomic E-state index is 0.0957. The summed E-state index contributed by atoms with van der Waals surface area (Å²) in [6.07, 6.45) is 2.12. The van der Waals surface area contributed by atoms with E-state index >= 15 is 0 Å². The van der Waals surface area contributed by atoms with Gasteiger partial charge in [0.25, 0.3) is 0 Å². The second kappa shape index (κ2) is 7.51. The zero-order chi connectivity index (χ0) is 15.4. The van der Waals surface area contributed by atoms with Crippen LogP contribution >= 0.6 is 23.4 Å². The quantitative estimate of drug-likeness (QED) is 0.834. The zero-order valence-corrected chi connectivity index (χ0v) is 14.0. The number of benzene rings is 2. The second-order valence-electron chi connectivity index (χ2n) is 5.53. The first-order valence-corrected chi connectivity index (χ1v) is 8.96. The molecule has 0 atom stereocenters. The van der Waals surface area contributed by atoms with Crippen molar-refractivity contribution in [1.82, 2.24) is 5.32 Å². The number of fused-ring (bicyclic) bond motifs is 1. The van der Waals surface area contributed by atoms with Gasteiger partial charge in [0, 0.05) is 10.6 Å². The molecule has 2 N–H and O–H groups in total. The van der Waals surface area contributed by atoms with Gasteiger partial charge in [0.2, 0.25) is 0 Å². The van der Waals surface area contributed by atoms with Crippen molar-refractivity contribution in [1.29, 1.82) is 0 Å². The maximum atomic E-state index is 9.10. The van der Waals surface area contributed by atoms with Crippen molar-refractivity contribution < 1.29 is 5.11 Å². The summed E-state index contributed by atoms with van der Waals surface area (Å²) in [5, 5.41) is 13.4. The van der Waals surface area contributed by atoms with Gasteiger partial charge in [-0.3, -0.25) is 0 Å². The van der Waals surface area contributed by atoms with Gasteiger partial charge < -0.3 is 10.4 Å². The smallest absolute Gasteiger partial charge is 0.0681 e. The molecule has 116 valence electrons. The fourth-order valence-corrected chi connectivity index (χ4v) is 4.22. The van der Waals surface area contributed by atoms with Crippen LogP contribution in [-0.2, 0) is 25.2 Å². The largest absolute Gasteiger partial charge is 0.392 e. The minimum atomic E-state index is 0.0957. The lowest BCUT2D eigenvalue weighted by Gasteiger charge is -2.14. The third-order valence-corrected chi connectivity index (χ3v) is 5.68. The topological polar surface area (TPSA) is 32.3 Å². The highest BCUT2D eigenvalue weighted by Crippen LogP contribution is 2.36. The van der Waals surface area contributed by atoms with Crippen LogP contribution in [0.25, 0.3) is 0 Å². The third kappa shape index (κ3) is 3.66. The number of aliphatic hydroxyl groups excluding tert-OH is 1. The summed E-state index contributed by atoms with van der Waals surface area (Å²) in [7, 11) is 0. The van der Waals surface area contributed by atoms with E-state index in [4.69, 9.17) is 16.7 Å². The molecule has 0 aliphatic carbocycles. The van der Waals surface area contributed by atoms with Crippen LogP contribution in [0.15, 0.2) is 41.3 Å². The first-order chi connectivity index (χ1) is 10.8. The van der Waals surface area contributed by atoms with E-state index in [1.165, 1.54) is 21.6 Å². The fraction of sp³-hybridized carbons (Fsp3) is 0.333. The Morgan fingerprint density at radius 3 is 2.50 bits per heavy atom. The van der Waals surface area contributed by atoms with Gasteiger partial charge in [0.05, 0.1) is 11.6 Å². The van der Waals surface area contributed by atoms with E-state index in [1.807, 2.05) is 30.0 Å². The van der Waals surface area contributed by atoms with Gasteiger partial charge in [0.1, 0.15) is 0 Å². The van der Waals surface area contributed by atoms with Gasteiger partial charge >= 0.3 is 0 Å². The number of thioether (sulfide) groups is 1. The number of hydrogen-bond donors (Lipinski definition) is 2. The van der Waals surface area contributed by atoms with Crippen LogP contribution in [0.4, 0.5) is 0 Å². The number of rotatable bonds is 4. The summed E-state index contributed by atoms with van der Waals surface area (Å²) in [6, 6.07) is 12.3. The first-order valence-electron chi connectivity index (χ1n) is 7.60. The van der Waals surface area contributed by atoms with Gasteiger partial charge in [0.15, 0.2) is 0 Å². The van der Waals surface area contributed by atoms with Crippen LogP contribution in [0.3, 0.4) is 0 Å². The van der Waals surface area contributed by atoms with Crippen molar-refractivity contribution in [3.63, 3.8) is 0 Å². The van der Waals surface area contributed by atoms with Crippen molar-refractivity contribution >= 4 is 23.4 Å². The predicted octanol–water partition coefficient (Wildman–Crippen LogP) is 3.81. The molecule has 2 aromatic rings. The highest BCUT2D eigenvalue weighted by Gasteiger charge is 2.15. The van der Waals surface area contributed by atoms with Crippen LogP contribution in [0.1, 0.15) is 22.3 Å². The monoisotopic (exact) mass is 333 g/mol. The van der Waals surface area contributed by atoms with E-state index < -0.39 is 0 Å². The molecule has 0 saturated carbocycles. The van der Waals surface area contributed by atoms with E-state index in [9.17, 15) is 0 Å². The molecule has 0 saturated heterocycles. The van der Waals surface area contributed by atoms with Crippen LogP contribution in [0, 0.1) is 0 Å². The molecule has 0 unspecified atom stereocenters. The molecule has 1 heterocycles. The summed E-state index contributed by atoms with van der Waals surface area (Å²) in [5.41, 5.74) is 5.04. The lowest BCUT2D eigenvalue weighted by Crippen LogP contribution is -2.16. The Morgan fingerprint density at radius 2 is 1.73 bits per heavy atom. The molecule has 0 radical (unpaired) electrons. The Bertz CT molecular complexity index is 642. The zero-order valence-electron chi connectivity index (χ0n) is 12.4. The van der Waals surface area contributed by atoms with E-state index in [0.717, 1.165) is 42.3 Å². The van der Waals surface area contributed by atoms with Crippen LogP contribution < -0.4 is 5.32 Å². The Labute approximate surface area is 140 Å². The molecule has 0 bridgehead atoms. The minimum Gasteiger partial charge on any atom is -0.392 e. The van der Waals surface area contributed by atoms with Crippen molar-refractivity contribution in [2.75, 3.05) is 13.1 Å². The van der Waals surface area contributed by atoms with Crippen LogP contribution in [-0.4, -0.2) is 18.2 Å². The summed E-state index contributed by atoms with van der Waals surface area (Å²) in [4.78, 5) is 1.23. The molecule has 0 amide bonds. The molecule has 1 aliphatic rings. The number of nitrogens with one attached hydrogen (secondary N) is 1. The molecule has 0 aromatic heterocycles. The third-order valence-electron chi connectivity index (χ3n) is 4.02. The highest BCUT2D eigenvalue weighted by molar-refractivity contribution is 7.98. The Hall–Kier alpha value is -1.00. The molecule has 0 spiro atoms. The van der Waals surface area contributed by atoms with Crippen LogP contribution in [0.5, 0.6) is 0 Å². The normalized spacial score (nSPS) is 14.5. The SMILES string of the molecule is OCc1ccc(CSc2c(Cl)ccc3c2CCNCC3)cc1. The maximum absolute atomic E-state index is 9.10. The van der Waals surface area contributed by atoms with Crippen molar-refractivity contribution in [3.05, 3.63) is 63.7 Å². The van der Waals surface area contributed by atoms with E-state index in [-0.39, 0.29) is 6.61 Å². The highest BCUT2D eigenvalue weighted by atomic mass is 35.5. The summed E-state index contributed by atoms with van der Waals surface area (Å²) >= 11 is 8.27. The van der Waals surface area contributed by atoms with E-state index in [2.05, 4.69) is 23.5 Å². The van der Waals surface area contributed by atoms with Crippen molar-refractivity contribution in [2.24, 2.45) is 0 Å². The molecule has 3 rings (SSSR count). The fourth-order valence-electron chi connectivity index (χ4n) is 2.76. The summed E-state index contributed by atoms with van der Waals surface area (Å²) in [5.74, 6) is 0.898. The first kappa shape index (κ1) is 15.9. The molecule has 2 aromatic carbocycles. The molecule has 0 fully saturated rings. The summed E-state index contributed by atoms with van der Waals surface area (Å²) in [6.45, 7) is 2.16. The lowest BCUT2D eigenvalue weighted by molar-refractivity contribution is 0.282. The Kier molecular flexibility index (Phi) is 5.42. The van der Waals surface area contributed by atoms with Crippen molar-refractivity contribution in [3.8, 4) is 0 Å². The second-order valence-corrected chi connectivity index (χ2v) is 6.92. The average Bonchev–Trinajstić information content (AvgIpc) is 2.80. The number of aliphatic hydroxyl groups is 1. The average molecular weight is 334 g/mol. The Morgan fingerprint density at radius 1 is 1.00 bits per heavy atom. The van der Waals surface area contributed by atoms with Crippen molar-refractivity contribution in [2.45, 2.75) is 30.1 Å². The van der Waals surface area contributed by atoms with Gasteiger partial charge in [-0.2, -0.15) is 0 Å². The van der Waals surface area contributed by atoms with Gasteiger partial charge in [-0.1, -0.05) is 41.9 Å². The molecular weight excluding hydrogens is 314 g/mol. The number of hydrogen-bond acceptors (Lipinski definition) is 3. The molecule has 1 aliphatic heterocycles. The molecule has 4 heteroatoms. The molecular formula is C18H20ClNOS. The van der Waals surface area contributed by atoms with E-state index in [0.29, 0.717) is 0 Å². The van der Waals surface area contributed by atoms with Crippen LogP contribution in [0.2, 0.25) is 5.02 Å². The van der Waals surface area contributed by atoms with Gasteiger partial charge in [-0.25, -0.2) is 0 Å². The molecule has 22 heavy (non-hydrogen) atoms. The number of halogens is 1. The Balaban J connectivity index is 1.79. The summed E-state index contributed by atoms with van der Waals surface area (Å²) < 4.78 is 0. The predicted molar refractivity (Wildman–Crippen MR) is 93.7 cm³/mol. The van der Waals surface area contributed by atoms with Gasteiger partial charge in [-0.05, 0) is 54.3 Å².